The SMILES string of the molecule is CN(CCC(=O)N1CCC(c2ncc[nH]2)CC1)C1CCS(=O)(=O)C1. The van der Waals surface area contributed by atoms with Crippen LogP contribution >= 0.6 is 0 Å². The summed E-state index contributed by atoms with van der Waals surface area (Å²) in [5.41, 5.74) is 0. The maximum Gasteiger partial charge on any atom is 0.223 e. The maximum absolute atomic E-state index is 12.4. The Labute approximate surface area is 143 Å². The average Bonchev–Trinajstić information content (AvgIpc) is 3.22. The fraction of sp³-hybridized carbons (Fsp3) is 0.750. The van der Waals surface area contributed by atoms with Gasteiger partial charge < -0.3 is 14.8 Å². The number of H-pyrrole nitrogens is 1. The van der Waals surface area contributed by atoms with Crippen molar-refractivity contribution in [1.29, 1.82) is 0 Å². The lowest BCUT2D eigenvalue weighted by molar-refractivity contribution is -0.132. The Morgan fingerprint density at radius 1 is 1.38 bits per heavy atom. The molecule has 2 saturated heterocycles. The monoisotopic (exact) mass is 354 g/mol. The Balaban J connectivity index is 1.41. The van der Waals surface area contributed by atoms with Crippen molar-refractivity contribution in [2.24, 2.45) is 0 Å². The highest BCUT2D eigenvalue weighted by Crippen LogP contribution is 2.25. The molecule has 1 aromatic heterocycles. The molecule has 134 valence electrons. The highest BCUT2D eigenvalue weighted by molar-refractivity contribution is 7.91. The number of piperidine rings is 1. The van der Waals surface area contributed by atoms with E-state index >= 15 is 0 Å². The van der Waals surface area contributed by atoms with Crippen molar-refractivity contribution >= 4 is 15.7 Å². The van der Waals surface area contributed by atoms with Gasteiger partial charge in [-0.2, -0.15) is 0 Å². The molecule has 1 aromatic rings. The van der Waals surface area contributed by atoms with E-state index in [1.165, 1.54) is 0 Å². The number of carbonyl (C=O) groups is 1. The minimum Gasteiger partial charge on any atom is -0.348 e. The number of aromatic nitrogens is 2. The van der Waals surface area contributed by atoms with E-state index < -0.39 is 9.84 Å². The van der Waals surface area contributed by atoms with Gasteiger partial charge in [0.25, 0.3) is 0 Å². The molecule has 2 fully saturated rings. The normalized spacial score (nSPS) is 24.6. The van der Waals surface area contributed by atoms with E-state index in [1.54, 1.807) is 6.20 Å². The second kappa shape index (κ2) is 7.23. The molecule has 0 bridgehead atoms. The first-order valence-electron chi connectivity index (χ1n) is 8.62. The average molecular weight is 354 g/mol. The largest absolute Gasteiger partial charge is 0.348 e. The molecule has 1 N–H and O–H groups in total. The van der Waals surface area contributed by atoms with Crippen molar-refractivity contribution in [2.75, 3.05) is 38.2 Å². The summed E-state index contributed by atoms with van der Waals surface area (Å²) in [6.07, 6.45) is 6.63. The smallest absolute Gasteiger partial charge is 0.223 e. The van der Waals surface area contributed by atoms with Crippen molar-refractivity contribution in [3.63, 3.8) is 0 Å². The number of amides is 1. The molecule has 3 heterocycles. The van der Waals surface area contributed by atoms with Crippen LogP contribution in [0.2, 0.25) is 0 Å². The predicted molar refractivity (Wildman–Crippen MR) is 91.4 cm³/mol. The molecule has 0 spiro atoms. The molecule has 1 atom stereocenters. The van der Waals surface area contributed by atoms with Crippen molar-refractivity contribution in [2.45, 2.75) is 37.6 Å². The quantitative estimate of drug-likeness (QED) is 0.838. The molecule has 2 aliphatic rings. The minimum absolute atomic E-state index is 0.0625. The summed E-state index contributed by atoms with van der Waals surface area (Å²) in [5, 5.41) is 0. The molecule has 7 nitrogen and oxygen atoms in total. The topological polar surface area (TPSA) is 86.4 Å². The third kappa shape index (κ3) is 4.16. The fourth-order valence-corrected chi connectivity index (χ4v) is 5.44. The van der Waals surface area contributed by atoms with Gasteiger partial charge in [-0.1, -0.05) is 0 Å². The molecule has 0 aliphatic carbocycles. The zero-order valence-electron chi connectivity index (χ0n) is 14.1. The Bertz CT molecular complexity index is 651. The summed E-state index contributed by atoms with van der Waals surface area (Å²) >= 11 is 0. The molecule has 24 heavy (non-hydrogen) atoms. The first-order chi connectivity index (χ1) is 11.4. The standard InChI is InChI=1S/C16H26N4O3S/c1-19(14-5-11-24(22,23)12-14)8-4-15(21)20-9-2-13(3-10-20)16-17-6-7-18-16/h6-7,13-14H,2-5,8-12H2,1H3,(H,17,18). The molecule has 3 rings (SSSR count). The van der Waals surface area contributed by atoms with E-state index in [1.807, 2.05) is 23.0 Å². The first-order valence-corrected chi connectivity index (χ1v) is 10.4. The molecule has 0 radical (unpaired) electrons. The summed E-state index contributed by atoms with van der Waals surface area (Å²) in [4.78, 5) is 23.8. The lowest BCUT2D eigenvalue weighted by Crippen LogP contribution is -2.41. The van der Waals surface area contributed by atoms with Gasteiger partial charge in [-0.3, -0.25) is 4.79 Å². The van der Waals surface area contributed by atoms with Crippen LogP contribution in [-0.2, 0) is 14.6 Å². The molecule has 0 aromatic carbocycles. The second-order valence-corrected chi connectivity index (χ2v) is 9.15. The van der Waals surface area contributed by atoms with Crippen molar-refractivity contribution < 1.29 is 13.2 Å². The van der Waals surface area contributed by atoms with E-state index in [4.69, 9.17) is 0 Å². The van der Waals surface area contributed by atoms with Crippen LogP contribution in [0.5, 0.6) is 0 Å². The number of aromatic amines is 1. The number of rotatable bonds is 5. The number of sulfone groups is 1. The fourth-order valence-electron chi connectivity index (χ4n) is 3.64. The number of carbonyl (C=O) groups excluding carboxylic acids is 1. The number of hydrogen-bond donors (Lipinski definition) is 1. The molecular weight excluding hydrogens is 328 g/mol. The van der Waals surface area contributed by atoms with Crippen LogP contribution in [0, 0.1) is 0 Å². The summed E-state index contributed by atoms with van der Waals surface area (Å²) in [5.74, 6) is 2.10. The zero-order chi connectivity index (χ0) is 17.2. The van der Waals surface area contributed by atoms with Gasteiger partial charge in [0.2, 0.25) is 5.91 Å². The molecule has 1 unspecified atom stereocenters. The lowest BCUT2D eigenvalue weighted by Gasteiger charge is -2.32. The molecular formula is C16H26N4O3S. The number of hydrogen-bond acceptors (Lipinski definition) is 5. The van der Waals surface area contributed by atoms with Gasteiger partial charge in [-0.15, -0.1) is 0 Å². The summed E-state index contributed by atoms with van der Waals surface area (Å²) < 4.78 is 23.1. The Morgan fingerprint density at radius 3 is 2.71 bits per heavy atom. The van der Waals surface area contributed by atoms with Gasteiger partial charge in [0.15, 0.2) is 9.84 Å². The highest BCUT2D eigenvalue weighted by atomic mass is 32.2. The van der Waals surface area contributed by atoms with Gasteiger partial charge in [-0.05, 0) is 26.3 Å². The van der Waals surface area contributed by atoms with Crippen molar-refractivity contribution in [1.82, 2.24) is 19.8 Å². The van der Waals surface area contributed by atoms with E-state index in [-0.39, 0.29) is 23.5 Å². The van der Waals surface area contributed by atoms with Crippen molar-refractivity contribution in [3.05, 3.63) is 18.2 Å². The number of nitrogens with one attached hydrogen (secondary N) is 1. The van der Waals surface area contributed by atoms with E-state index in [0.29, 0.717) is 25.3 Å². The first kappa shape index (κ1) is 17.4. The van der Waals surface area contributed by atoms with Crippen molar-refractivity contribution in [3.8, 4) is 0 Å². The molecule has 0 saturated carbocycles. The van der Waals surface area contributed by atoms with Crippen LogP contribution in [-0.4, -0.2) is 78.3 Å². The summed E-state index contributed by atoms with van der Waals surface area (Å²) in [6, 6.07) is 0.0625. The van der Waals surface area contributed by atoms with Crippen LogP contribution in [0.15, 0.2) is 12.4 Å². The third-order valence-corrected chi connectivity index (χ3v) is 7.01. The maximum atomic E-state index is 12.4. The van der Waals surface area contributed by atoms with E-state index in [0.717, 1.165) is 31.8 Å². The van der Waals surface area contributed by atoms with Crippen LogP contribution < -0.4 is 0 Å². The number of imidazole rings is 1. The summed E-state index contributed by atoms with van der Waals surface area (Å²) in [6.45, 7) is 2.16. The van der Waals surface area contributed by atoms with Gasteiger partial charge >= 0.3 is 0 Å². The minimum atomic E-state index is -2.87. The van der Waals surface area contributed by atoms with Crippen LogP contribution in [0.1, 0.15) is 37.4 Å². The third-order valence-electron chi connectivity index (χ3n) is 5.26. The van der Waals surface area contributed by atoms with Crippen LogP contribution in [0.3, 0.4) is 0 Å². The Hall–Kier alpha value is -1.41. The highest BCUT2D eigenvalue weighted by Gasteiger charge is 2.31. The van der Waals surface area contributed by atoms with E-state index in [9.17, 15) is 13.2 Å². The van der Waals surface area contributed by atoms with Gasteiger partial charge in [-0.25, -0.2) is 13.4 Å². The molecule has 8 heteroatoms. The van der Waals surface area contributed by atoms with Crippen LogP contribution in [0.25, 0.3) is 0 Å². The summed E-state index contributed by atoms with van der Waals surface area (Å²) in [7, 11) is -0.955. The van der Waals surface area contributed by atoms with E-state index in [2.05, 4.69) is 9.97 Å². The number of likely N-dealkylation sites (tertiary alicyclic amines) is 1. The molecule has 2 aliphatic heterocycles. The second-order valence-electron chi connectivity index (χ2n) is 6.92. The van der Waals surface area contributed by atoms with Gasteiger partial charge in [0, 0.05) is 50.4 Å². The number of nitrogens with zero attached hydrogens (tertiary/aromatic N) is 3. The van der Waals surface area contributed by atoms with Crippen LogP contribution in [0.4, 0.5) is 0 Å². The Kier molecular flexibility index (Phi) is 5.24. The van der Waals surface area contributed by atoms with Gasteiger partial charge in [0.05, 0.1) is 11.5 Å². The lowest BCUT2D eigenvalue weighted by atomic mass is 9.96. The predicted octanol–water partition coefficient (Wildman–Crippen LogP) is 0.625. The van der Waals surface area contributed by atoms with Gasteiger partial charge in [0.1, 0.15) is 5.82 Å². The Morgan fingerprint density at radius 2 is 2.12 bits per heavy atom. The zero-order valence-corrected chi connectivity index (χ0v) is 15.0. The molecule has 1 amide bonds.